The number of carbonyl (C=O) groups is 1. The van der Waals surface area contributed by atoms with Crippen molar-refractivity contribution in [1.29, 1.82) is 0 Å². The van der Waals surface area contributed by atoms with Gasteiger partial charge in [0.1, 0.15) is 0 Å². The molecule has 3 nitrogen and oxygen atoms in total. The van der Waals surface area contributed by atoms with Crippen LogP contribution in [0, 0.1) is 11.8 Å². The van der Waals surface area contributed by atoms with E-state index in [-0.39, 0.29) is 5.91 Å². The summed E-state index contributed by atoms with van der Waals surface area (Å²) in [5.74, 6) is 1.37. The van der Waals surface area contributed by atoms with Gasteiger partial charge in [-0.1, -0.05) is 22.9 Å². The van der Waals surface area contributed by atoms with Crippen LogP contribution < -0.4 is 11.1 Å². The molecule has 1 aromatic carbocycles. The number of carbonyl (C=O) groups excluding carboxylic acids is 1. The fourth-order valence-electron chi connectivity index (χ4n) is 1.75. The Kier molecular flexibility index (Phi) is 3.19. The molecule has 0 heterocycles. The highest BCUT2D eigenvalue weighted by atomic mass is 79.9. The van der Waals surface area contributed by atoms with Crippen molar-refractivity contribution >= 4 is 27.5 Å². The zero-order valence-corrected chi connectivity index (χ0v) is 10.8. The molecule has 1 fully saturated rings. The van der Waals surface area contributed by atoms with Crippen molar-refractivity contribution in [2.24, 2.45) is 11.8 Å². The number of amides is 1. The number of rotatable bonds is 3. The van der Waals surface area contributed by atoms with Crippen LogP contribution in [0.2, 0.25) is 0 Å². The van der Waals surface area contributed by atoms with Gasteiger partial charge in [0.25, 0.3) is 5.91 Å². The second-order valence-corrected chi connectivity index (χ2v) is 5.37. The van der Waals surface area contributed by atoms with Crippen LogP contribution in [0.3, 0.4) is 0 Å². The molecule has 16 heavy (non-hydrogen) atoms. The molecule has 2 rings (SSSR count). The molecular weight excluding hydrogens is 268 g/mol. The molecule has 2 unspecified atom stereocenters. The maximum atomic E-state index is 11.8. The molecule has 4 heteroatoms. The van der Waals surface area contributed by atoms with E-state index in [1.54, 1.807) is 18.2 Å². The molecule has 0 radical (unpaired) electrons. The summed E-state index contributed by atoms with van der Waals surface area (Å²) in [7, 11) is 0. The molecule has 1 aromatic rings. The third-order valence-electron chi connectivity index (χ3n) is 2.98. The molecule has 1 aliphatic carbocycles. The molecule has 0 bridgehead atoms. The third kappa shape index (κ3) is 2.76. The monoisotopic (exact) mass is 282 g/mol. The van der Waals surface area contributed by atoms with E-state index >= 15 is 0 Å². The Morgan fingerprint density at radius 3 is 2.81 bits per heavy atom. The molecule has 0 aromatic heterocycles. The van der Waals surface area contributed by atoms with Gasteiger partial charge < -0.3 is 11.1 Å². The largest absolute Gasteiger partial charge is 0.399 e. The van der Waals surface area contributed by atoms with Gasteiger partial charge in [0.15, 0.2) is 0 Å². The number of nitrogen functional groups attached to an aromatic ring is 1. The minimum absolute atomic E-state index is 0.0490. The predicted octanol–water partition coefficient (Wildman–Crippen LogP) is 2.42. The summed E-state index contributed by atoms with van der Waals surface area (Å²) in [6.45, 7) is 2.97. The van der Waals surface area contributed by atoms with Crippen molar-refractivity contribution in [2.45, 2.75) is 13.3 Å². The van der Waals surface area contributed by atoms with Crippen LogP contribution in [0.4, 0.5) is 5.69 Å². The summed E-state index contributed by atoms with van der Waals surface area (Å²) in [4.78, 5) is 11.8. The number of benzene rings is 1. The molecular formula is C12H15BrN2O. The lowest BCUT2D eigenvalue weighted by atomic mass is 10.2. The van der Waals surface area contributed by atoms with Gasteiger partial charge in [-0.3, -0.25) is 4.79 Å². The highest BCUT2D eigenvalue weighted by Crippen LogP contribution is 2.36. The first kappa shape index (κ1) is 11.5. The van der Waals surface area contributed by atoms with Crippen LogP contribution in [0.5, 0.6) is 0 Å². The number of hydrogen-bond donors (Lipinski definition) is 2. The van der Waals surface area contributed by atoms with Crippen molar-refractivity contribution in [3.05, 3.63) is 28.2 Å². The summed E-state index contributed by atoms with van der Waals surface area (Å²) in [5, 5.41) is 2.93. The maximum Gasteiger partial charge on any atom is 0.251 e. The first-order valence-corrected chi connectivity index (χ1v) is 6.20. The van der Waals surface area contributed by atoms with Crippen LogP contribution in [0.1, 0.15) is 23.7 Å². The van der Waals surface area contributed by atoms with Crippen LogP contribution in [0.25, 0.3) is 0 Å². The van der Waals surface area contributed by atoms with Gasteiger partial charge in [-0.15, -0.1) is 0 Å². The smallest absolute Gasteiger partial charge is 0.251 e. The summed E-state index contributed by atoms with van der Waals surface area (Å²) in [5.41, 5.74) is 6.89. The Morgan fingerprint density at radius 2 is 2.25 bits per heavy atom. The van der Waals surface area contributed by atoms with Gasteiger partial charge in [-0.05, 0) is 36.5 Å². The molecule has 86 valence electrons. The minimum Gasteiger partial charge on any atom is -0.399 e. The molecule has 1 saturated carbocycles. The lowest BCUT2D eigenvalue weighted by Gasteiger charge is -2.05. The van der Waals surface area contributed by atoms with E-state index in [9.17, 15) is 4.79 Å². The predicted molar refractivity (Wildman–Crippen MR) is 68.2 cm³/mol. The molecule has 0 spiro atoms. The summed E-state index contributed by atoms with van der Waals surface area (Å²) >= 11 is 3.32. The minimum atomic E-state index is -0.0490. The average Bonchev–Trinajstić information content (AvgIpc) is 2.89. The average molecular weight is 283 g/mol. The van der Waals surface area contributed by atoms with Gasteiger partial charge in [-0.2, -0.15) is 0 Å². The van der Waals surface area contributed by atoms with Crippen molar-refractivity contribution in [1.82, 2.24) is 5.32 Å². The van der Waals surface area contributed by atoms with Crippen molar-refractivity contribution in [3.8, 4) is 0 Å². The van der Waals surface area contributed by atoms with Gasteiger partial charge in [0.05, 0.1) is 0 Å². The number of nitrogens with one attached hydrogen (secondary N) is 1. The number of halogens is 1. The summed E-state index contributed by atoms with van der Waals surface area (Å²) in [6.07, 6.45) is 1.22. The standard InChI is InChI=1S/C12H15BrN2O/c1-7-2-9(7)6-15-12(16)8-3-10(13)5-11(14)4-8/h3-5,7,9H,2,6,14H2,1H3,(H,15,16). The van der Waals surface area contributed by atoms with E-state index in [0.717, 1.165) is 16.9 Å². The Morgan fingerprint density at radius 1 is 1.56 bits per heavy atom. The van der Waals surface area contributed by atoms with E-state index in [0.29, 0.717) is 17.2 Å². The van der Waals surface area contributed by atoms with Crippen LogP contribution >= 0.6 is 15.9 Å². The summed E-state index contributed by atoms with van der Waals surface area (Å²) < 4.78 is 0.831. The van der Waals surface area contributed by atoms with Crippen molar-refractivity contribution in [2.75, 3.05) is 12.3 Å². The van der Waals surface area contributed by atoms with Crippen molar-refractivity contribution < 1.29 is 4.79 Å². The quantitative estimate of drug-likeness (QED) is 0.837. The lowest BCUT2D eigenvalue weighted by molar-refractivity contribution is 0.0951. The second kappa shape index (κ2) is 4.45. The maximum absolute atomic E-state index is 11.8. The third-order valence-corrected chi connectivity index (χ3v) is 3.44. The highest BCUT2D eigenvalue weighted by molar-refractivity contribution is 9.10. The van der Waals surface area contributed by atoms with Gasteiger partial charge >= 0.3 is 0 Å². The van der Waals surface area contributed by atoms with Crippen LogP contribution in [-0.2, 0) is 0 Å². The fourth-order valence-corrected chi connectivity index (χ4v) is 2.26. The van der Waals surface area contributed by atoms with E-state index in [1.807, 2.05) is 0 Å². The van der Waals surface area contributed by atoms with Gasteiger partial charge in [0, 0.05) is 22.3 Å². The van der Waals surface area contributed by atoms with E-state index in [2.05, 4.69) is 28.2 Å². The molecule has 1 amide bonds. The van der Waals surface area contributed by atoms with Gasteiger partial charge in [0.2, 0.25) is 0 Å². The van der Waals surface area contributed by atoms with Crippen LogP contribution in [-0.4, -0.2) is 12.5 Å². The Balaban J connectivity index is 1.97. The Hall–Kier alpha value is -1.03. The zero-order valence-electron chi connectivity index (χ0n) is 9.16. The molecule has 3 N–H and O–H groups in total. The van der Waals surface area contributed by atoms with E-state index in [1.165, 1.54) is 6.42 Å². The number of hydrogen-bond acceptors (Lipinski definition) is 2. The number of nitrogens with two attached hydrogens (primary N) is 1. The number of anilines is 1. The summed E-state index contributed by atoms with van der Waals surface area (Å²) in [6, 6.07) is 5.25. The topological polar surface area (TPSA) is 55.1 Å². The van der Waals surface area contributed by atoms with E-state index in [4.69, 9.17) is 5.73 Å². The molecule has 0 saturated heterocycles. The zero-order chi connectivity index (χ0) is 11.7. The van der Waals surface area contributed by atoms with Gasteiger partial charge in [-0.25, -0.2) is 0 Å². The Bertz CT molecular complexity index is 399. The van der Waals surface area contributed by atoms with Crippen molar-refractivity contribution in [3.63, 3.8) is 0 Å². The normalized spacial score (nSPS) is 22.9. The van der Waals surface area contributed by atoms with Crippen LogP contribution in [0.15, 0.2) is 22.7 Å². The fraction of sp³-hybridized carbons (Fsp3) is 0.417. The molecule has 0 aliphatic heterocycles. The highest BCUT2D eigenvalue weighted by Gasteiger charge is 2.32. The SMILES string of the molecule is CC1CC1CNC(=O)c1cc(N)cc(Br)c1. The first-order chi connectivity index (χ1) is 7.56. The first-order valence-electron chi connectivity index (χ1n) is 5.40. The lowest BCUT2D eigenvalue weighted by Crippen LogP contribution is -2.26. The molecule has 2 atom stereocenters. The van der Waals surface area contributed by atoms with E-state index < -0.39 is 0 Å². The molecule has 1 aliphatic rings. The second-order valence-electron chi connectivity index (χ2n) is 4.46. The Labute approximate surface area is 104 Å².